The zero-order valence-corrected chi connectivity index (χ0v) is 19.0. The Morgan fingerprint density at radius 3 is 2.09 bits per heavy atom. The molecular formula is C29H25N4+. The van der Waals surface area contributed by atoms with Crippen molar-refractivity contribution in [2.45, 2.75) is 6.92 Å². The van der Waals surface area contributed by atoms with Gasteiger partial charge in [-0.1, -0.05) is 36.4 Å². The fourth-order valence-electron chi connectivity index (χ4n) is 4.99. The van der Waals surface area contributed by atoms with Gasteiger partial charge in [0.15, 0.2) is 12.4 Å². The van der Waals surface area contributed by atoms with E-state index in [9.17, 15) is 0 Å². The van der Waals surface area contributed by atoms with Crippen molar-refractivity contribution in [3.8, 4) is 5.69 Å². The van der Waals surface area contributed by atoms with Crippen LogP contribution in [0.3, 0.4) is 0 Å². The van der Waals surface area contributed by atoms with Gasteiger partial charge in [0, 0.05) is 52.6 Å². The summed E-state index contributed by atoms with van der Waals surface area (Å²) >= 11 is 0. The summed E-state index contributed by atoms with van der Waals surface area (Å²) in [5, 5.41) is 5.03. The van der Waals surface area contributed by atoms with Crippen molar-refractivity contribution < 1.29 is 4.57 Å². The van der Waals surface area contributed by atoms with Crippen LogP contribution in [0.25, 0.3) is 55.0 Å². The highest BCUT2D eigenvalue weighted by atomic mass is 15.0. The minimum absolute atomic E-state index is 1.14. The van der Waals surface area contributed by atoms with Crippen molar-refractivity contribution in [2.24, 2.45) is 12.0 Å². The lowest BCUT2D eigenvalue weighted by Crippen LogP contribution is -2.26. The number of aromatic nitrogens is 3. The zero-order valence-electron chi connectivity index (χ0n) is 19.0. The van der Waals surface area contributed by atoms with E-state index in [4.69, 9.17) is 0 Å². The van der Waals surface area contributed by atoms with E-state index >= 15 is 0 Å². The van der Waals surface area contributed by atoms with Crippen molar-refractivity contribution in [1.82, 2.24) is 9.13 Å². The first-order valence-corrected chi connectivity index (χ1v) is 11.2. The second kappa shape index (κ2) is 7.45. The molecule has 33 heavy (non-hydrogen) atoms. The quantitative estimate of drug-likeness (QED) is 0.234. The molecule has 3 aromatic carbocycles. The van der Waals surface area contributed by atoms with Gasteiger partial charge in [0.05, 0.1) is 27.8 Å². The molecule has 0 aliphatic heterocycles. The molecule has 0 aliphatic carbocycles. The molecule has 0 saturated carbocycles. The van der Waals surface area contributed by atoms with Gasteiger partial charge in [0.25, 0.3) is 0 Å². The van der Waals surface area contributed by atoms with Gasteiger partial charge in [-0.2, -0.15) is 0 Å². The molecule has 0 fully saturated rings. The van der Waals surface area contributed by atoms with Gasteiger partial charge in [-0.3, -0.25) is 4.99 Å². The second-order valence-corrected chi connectivity index (χ2v) is 8.53. The van der Waals surface area contributed by atoms with Crippen molar-refractivity contribution in [3.05, 3.63) is 91.3 Å². The van der Waals surface area contributed by atoms with Crippen LogP contribution >= 0.6 is 0 Å². The third-order valence-corrected chi connectivity index (χ3v) is 6.50. The van der Waals surface area contributed by atoms with E-state index in [2.05, 4.69) is 117 Å². The Morgan fingerprint density at radius 1 is 0.758 bits per heavy atom. The van der Waals surface area contributed by atoms with Crippen molar-refractivity contribution in [3.63, 3.8) is 0 Å². The fraction of sp³-hybridized carbons (Fsp3) is 0.103. The molecule has 0 bridgehead atoms. The Balaban J connectivity index is 1.80. The van der Waals surface area contributed by atoms with Crippen LogP contribution in [0.5, 0.6) is 0 Å². The summed E-state index contributed by atoms with van der Waals surface area (Å²) in [4.78, 5) is 4.16. The summed E-state index contributed by atoms with van der Waals surface area (Å²) in [6.07, 6.45) is 8.13. The number of allylic oxidation sites excluding steroid dienone is 2. The molecule has 3 heterocycles. The standard InChI is InChI=1S/C29H25N4/c1-20(12-15-30-2)32-26-10-6-4-8-22(26)24-19-29-25(18-28(24)32)23-9-5-7-11-27(23)33(29)21-13-16-31(3)17-14-21/h4-19H,1-3H3/q+1/b20-12+,30-15?. The highest BCUT2D eigenvalue weighted by molar-refractivity contribution is 6.19. The number of hydrogen-bond donors (Lipinski definition) is 0. The van der Waals surface area contributed by atoms with Crippen LogP contribution in [0.2, 0.25) is 0 Å². The van der Waals surface area contributed by atoms with Gasteiger partial charge in [-0.05, 0) is 37.3 Å². The highest BCUT2D eigenvalue weighted by Crippen LogP contribution is 2.39. The molecule has 3 aromatic heterocycles. The number of hydrogen-bond acceptors (Lipinski definition) is 1. The van der Waals surface area contributed by atoms with Crippen LogP contribution in [0, 0.1) is 0 Å². The van der Waals surface area contributed by atoms with Gasteiger partial charge in [-0.25, -0.2) is 4.57 Å². The molecule has 0 amide bonds. The van der Waals surface area contributed by atoms with E-state index < -0.39 is 0 Å². The molecule has 0 spiro atoms. The van der Waals surface area contributed by atoms with E-state index in [0.29, 0.717) is 0 Å². The van der Waals surface area contributed by atoms with Crippen molar-refractivity contribution >= 4 is 55.5 Å². The summed E-state index contributed by atoms with van der Waals surface area (Å²) < 4.78 is 6.79. The maximum Gasteiger partial charge on any atom is 0.170 e. The minimum atomic E-state index is 1.14. The zero-order chi connectivity index (χ0) is 22.5. The first-order chi connectivity index (χ1) is 16.2. The molecule has 0 atom stereocenters. The van der Waals surface area contributed by atoms with Gasteiger partial charge in [0.2, 0.25) is 0 Å². The van der Waals surface area contributed by atoms with E-state index in [1.165, 1.54) is 43.6 Å². The predicted molar refractivity (Wildman–Crippen MR) is 139 cm³/mol. The Kier molecular flexibility index (Phi) is 4.40. The Morgan fingerprint density at radius 2 is 1.36 bits per heavy atom. The maximum absolute atomic E-state index is 4.16. The number of rotatable bonds is 3. The number of pyridine rings is 1. The Labute approximate surface area is 192 Å². The molecule has 4 heteroatoms. The molecular weight excluding hydrogens is 404 g/mol. The third-order valence-electron chi connectivity index (χ3n) is 6.50. The van der Waals surface area contributed by atoms with Crippen LogP contribution in [-0.2, 0) is 7.05 Å². The number of fused-ring (bicyclic) bond motifs is 6. The van der Waals surface area contributed by atoms with E-state index in [1.807, 2.05) is 13.3 Å². The first-order valence-electron chi connectivity index (χ1n) is 11.2. The van der Waals surface area contributed by atoms with Crippen LogP contribution in [0.1, 0.15) is 6.92 Å². The summed E-state index contributed by atoms with van der Waals surface area (Å²) in [6, 6.07) is 26.4. The monoisotopic (exact) mass is 429 g/mol. The number of aryl methyl sites for hydroxylation is 1. The van der Waals surface area contributed by atoms with Crippen LogP contribution < -0.4 is 4.57 Å². The van der Waals surface area contributed by atoms with E-state index in [-0.39, 0.29) is 0 Å². The summed E-state index contributed by atoms with van der Waals surface area (Å²) in [7, 11) is 3.85. The van der Waals surface area contributed by atoms with E-state index in [0.717, 1.165) is 11.4 Å². The van der Waals surface area contributed by atoms with Crippen molar-refractivity contribution in [1.29, 1.82) is 0 Å². The molecule has 6 rings (SSSR count). The number of benzene rings is 3. The third kappa shape index (κ3) is 2.91. The topological polar surface area (TPSA) is 26.1 Å². The first kappa shape index (κ1) is 19.5. The maximum atomic E-state index is 4.16. The second-order valence-electron chi connectivity index (χ2n) is 8.53. The molecule has 0 radical (unpaired) electrons. The van der Waals surface area contributed by atoms with Crippen molar-refractivity contribution in [2.75, 3.05) is 7.05 Å². The van der Waals surface area contributed by atoms with Crippen LogP contribution in [0.4, 0.5) is 0 Å². The molecule has 0 saturated heterocycles. The SMILES string of the molecule is CN=C/C=C(\C)n1c2ccccc2c2cc3c(cc21)c1ccccc1n3-c1cc[n+](C)cc1. The number of nitrogens with zero attached hydrogens (tertiary/aromatic N) is 4. The molecule has 4 nitrogen and oxygen atoms in total. The smallest absolute Gasteiger partial charge is 0.170 e. The van der Waals surface area contributed by atoms with Gasteiger partial charge in [0.1, 0.15) is 7.05 Å². The molecule has 0 aliphatic rings. The Bertz CT molecular complexity index is 1730. The average Bonchev–Trinajstić information content (AvgIpc) is 3.34. The predicted octanol–water partition coefficient (Wildman–Crippen LogP) is 6.28. The van der Waals surface area contributed by atoms with Gasteiger partial charge < -0.3 is 9.13 Å². The van der Waals surface area contributed by atoms with E-state index in [1.54, 1.807) is 7.05 Å². The Hall–Kier alpha value is -4.18. The normalized spacial score (nSPS) is 12.8. The van der Waals surface area contributed by atoms with Crippen LogP contribution in [-0.4, -0.2) is 22.4 Å². The highest BCUT2D eigenvalue weighted by Gasteiger charge is 2.18. The summed E-state index contributed by atoms with van der Waals surface area (Å²) in [5.74, 6) is 0. The summed E-state index contributed by atoms with van der Waals surface area (Å²) in [6.45, 7) is 2.14. The van der Waals surface area contributed by atoms with Gasteiger partial charge >= 0.3 is 0 Å². The number of aliphatic imine (C=N–C) groups is 1. The fourth-order valence-corrected chi connectivity index (χ4v) is 4.99. The van der Waals surface area contributed by atoms with Crippen LogP contribution in [0.15, 0.2) is 96.3 Å². The summed E-state index contributed by atoms with van der Waals surface area (Å²) in [5.41, 5.74) is 7.17. The number of para-hydroxylation sites is 2. The largest absolute Gasteiger partial charge is 0.313 e. The molecule has 6 aromatic rings. The van der Waals surface area contributed by atoms with Gasteiger partial charge in [-0.15, -0.1) is 0 Å². The molecule has 0 unspecified atom stereocenters. The minimum Gasteiger partial charge on any atom is -0.313 e. The molecule has 160 valence electrons. The lowest BCUT2D eigenvalue weighted by molar-refractivity contribution is -0.671. The lowest BCUT2D eigenvalue weighted by atomic mass is 10.1. The lowest BCUT2D eigenvalue weighted by Gasteiger charge is -2.08. The molecule has 0 N–H and O–H groups in total. The average molecular weight is 430 g/mol.